The molecule has 14 heavy (non-hydrogen) atoms. The van der Waals surface area contributed by atoms with Crippen molar-refractivity contribution < 1.29 is 9.90 Å². The molecule has 4 aliphatic rings. The van der Waals surface area contributed by atoms with Gasteiger partial charge in [-0.05, 0) is 55.3 Å². The first kappa shape index (κ1) is 9.43. The summed E-state index contributed by atoms with van der Waals surface area (Å²) in [5.74, 6) is 1.89. The molecule has 0 amide bonds. The maximum atomic E-state index is 11.1. The predicted molar refractivity (Wildman–Crippen MR) is 61.4 cm³/mol. The summed E-state index contributed by atoms with van der Waals surface area (Å²) in [4.78, 5) is 11.1. The smallest absolute Gasteiger partial charge is 0.317 e. The predicted octanol–water partition coefficient (Wildman–Crippen LogP) is 2.70. The summed E-state index contributed by atoms with van der Waals surface area (Å²) in [6.07, 6.45) is 6.44. The second-order valence-corrected chi connectivity index (χ2v) is 6.72. The highest BCUT2D eigenvalue weighted by molar-refractivity contribution is 14.1. The molecule has 4 rings (SSSR count). The van der Waals surface area contributed by atoms with Crippen LogP contribution in [0.3, 0.4) is 0 Å². The average Bonchev–Trinajstić information content (AvgIpc) is 2.51. The molecule has 0 aromatic carbocycles. The van der Waals surface area contributed by atoms with Crippen LogP contribution in [0.4, 0.5) is 0 Å². The van der Waals surface area contributed by atoms with Crippen molar-refractivity contribution in [2.75, 3.05) is 0 Å². The minimum absolute atomic E-state index is 0.139. The first-order chi connectivity index (χ1) is 6.62. The fourth-order valence-electron chi connectivity index (χ4n) is 4.52. The molecule has 2 nitrogen and oxygen atoms in total. The Bertz CT molecular complexity index is 275. The number of carbonyl (C=O) groups is 1. The minimum atomic E-state index is -0.584. The number of hydrogen-bond donors (Lipinski definition) is 1. The van der Waals surface area contributed by atoms with Gasteiger partial charge in [-0.3, -0.25) is 4.79 Å². The standard InChI is InChI=1S/C11H15IO2/c12-9(10(13)14)11-4-6-1-7(5-11)3-8(11)2-6/h6-9H,1-5H2,(H,13,14). The van der Waals surface area contributed by atoms with E-state index >= 15 is 0 Å². The van der Waals surface area contributed by atoms with Crippen LogP contribution in [0.2, 0.25) is 0 Å². The molecule has 1 N–H and O–H groups in total. The van der Waals surface area contributed by atoms with Gasteiger partial charge in [0.2, 0.25) is 0 Å². The summed E-state index contributed by atoms with van der Waals surface area (Å²) in [5, 5.41) is 9.18. The van der Waals surface area contributed by atoms with Crippen molar-refractivity contribution in [1.29, 1.82) is 0 Å². The highest BCUT2D eigenvalue weighted by atomic mass is 127. The number of rotatable bonds is 2. The van der Waals surface area contributed by atoms with Crippen molar-refractivity contribution in [3.8, 4) is 0 Å². The molecular weight excluding hydrogens is 291 g/mol. The Morgan fingerprint density at radius 2 is 1.86 bits per heavy atom. The van der Waals surface area contributed by atoms with E-state index < -0.39 is 5.97 Å². The van der Waals surface area contributed by atoms with Gasteiger partial charge in [0.1, 0.15) is 3.92 Å². The third kappa shape index (κ3) is 1.05. The molecule has 0 aromatic heterocycles. The molecule has 4 saturated carbocycles. The zero-order chi connectivity index (χ0) is 9.92. The van der Waals surface area contributed by atoms with Crippen LogP contribution in [0.25, 0.3) is 0 Å². The van der Waals surface area contributed by atoms with Crippen LogP contribution in [0, 0.1) is 23.2 Å². The number of hydrogen-bond acceptors (Lipinski definition) is 1. The van der Waals surface area contributed by atoms with Gasteiger partial charge in [-0.1, -0.05) is 22.6 Å². The zero-order valence-electron chi connectivity index (χ0n) is 8.08. The van der Waals surface area contributed by atoms with Gasteiger partial charge in [-0.25, -0.2) is 0 Å². The van der Waals surface area contributed by atoms with Gasteiger partial charge in [-0.2, -0.15) is 0 Å². The van der Waals surface area contributed by atoms with E-state index in [0.717, 1.165) is 17.8 Å². The SMILES string of the molecule is O=C(O)C(I)C12CC3CC(CC1C3)C2. The molecule has 0 aromatic rings. The van der Waals surface area contributed by atoms with Crippen LogP contribution in [-0.2, 0) is 4.79 Å². The third-order valence-corrected chi connectivity index (χ3v) is 6.55. The van der Waals surface area contributed by atoms with Gasteiger partial charge in [0.15, 0.2) is 0 Å². The van der Waals surface area contributed by atoms with Gasteiger partial charge in [0.25, 0.3) is 0 Å². The van der Waals surface area contributed by atoms with E-state index in [0.29, 0.717) is 0 Å². The van der Waals surface area contributed by atoms with Gasteiger partial charge < -0.3 is 5.11 Å². The summed E-state index contributed by atoms with van der Waals surface area (Å²) in [7, 11) is 0. The second kappa shape index (κ2) is 2.86. The lowest BCUT2D eigenvalue weighted by atomic mass is 9.73. The zero-order valence-corrected chi connectivity index (χ0v) is 10.2. The van der Waals surface area contributed by atoms with Crippen molar-refractivity contribution in [1.82, 2.24) is 0 Å². The van der Waals surface area contributed by atoms with E-state index in [-0.39, 0.29) is 9.34 Å². The summed E-state index contributed by atoms with van der Waals surface area (Å²) < 4.78 is -0.139. The highest BCUT2D eigenvalue weighted by Gasteiger charge is 2.61. The van der Waals surface area contributed by atoms with E-state index in [1.807, 2.05) is 0 Å². The van der Waals surface area contributed by atoms with Crippen LogP contribution in [0.5, 0.6) is 0 Å². The van der Waals surface area contributed by atoms with Crippen LogP contribution in [0.1, 0.15) is 32.1 Å². The van der Waals surface area contributed by atoms with Gasteiger partial charge in [0.05, 0.1) is 0 Å². The maximum absolute atomic E-state index is 11.1. The van der Waals surface area contributed by atoms with Crippen molar-refractivity contribution >= 4 is 28.6 Å². The third-order valence-electron chi connectivity index (χ3n) is 4.77. The summed E-state index contributed by atoms with van der Waals surface area (Å²) in [6, 6.07) is 0. The topological polar surface area (TPSA) is 37.3 Å². The molecule has 0 radical (unpaired) electrons. The minimum Gasteiger partial charge on any atom is -0.480 e. The molecule has 4 fully saturated rings. The first-order valence-corrected chi connectivity index (χ1v) is 6.73. The number of carboxylic acids is 1. The molecule has 0 saturated heterocycles. The summed E-state index contributed by atoms with van der Waals surface area (Å²) >= 11 is 2.17. The van der Waals surface area contributed by atoms with Gasteiger partial charge in [0, 0.05) is 0 Å². The van der Waals surface area contributed by atoms with E-state index in [1.165, 1.54) is 32.1 Å². The van der Waals surface area contributed by atoms with Crippen molar-refractivity contribution in [2.24, 2.45) is 23.2 Å². The second-order valence-electron chi connectivity index (χ2n) is 5.48. The number of halogens is 1. The van der Waals surface area contributed by atoms with E-state index in [4.69, 9.17) is 0 Å². The maximum Gasteiger partial charge on any atom is 0.317 e. The van der Waals surface area contributed by atoms with Crippen LogP contribution >= 0.6 is 22.6 Å². The van der Waals surface area contributed by atoms with Crippen LogP contribution in [-0.4, -0.2) is 15.0 Å². The molecular formula is C11H15IO2. The lowest BCUT2D eigenvalue weighted by molar-refractivity contribution is -0.138. The number of carboxylic acid groups (broad SMARTS) is 1. The van der Waals surface area contributed by atoms with Crippen LogP contribution in [0.15, 0.2) is 0 Å². The molecule has 4 aliphatic carbocycles. The van der Waals surface area contributed by atoms with Gasteiger partial charge in [-0.15, -0.1) is 0 Å². The molecule has 3 atom stereocenters. The highest BCUT2D eigenvalue weighted by Crippen LogP contribution is 2.67. The van der Waals surface area contributed by atoms with Crippen molar-refractivity contribution in [3.05, 3.63) is 0 Å². The normalized spacial score (nSPS) is 51.1. The largest absolute Gasteiger partial charge is 0.480 e. The molecule has 0 spiro atoms. The number of alkyl halides is 1. The van der Waals surface area contributed by atoms with Crippen LogP contribution < -0.4 is 0 Å². The molecule has 0 aliphatic heterocycles. The Hall–Kier alpha value is 0.200. The molecule has 3 heteroatoms. The Balaban J connectivity index is 1.94. The van der Waals surface area contributed by atoms with Crippen molar-refractivity contribution in [2.45, 2.75) is 36.0 Å². The molecule has 78 valence electrons. The number of aliphatic carboxylic acids is 1. The quantitative estimate of drug-likeness (QED) is 0.629. The summed E-state index contributed by atoms with van der Waals surface area (Å²) in [5.41, 5.74) is 0.194. The Labute approximate surface area is 97.6 Å². The molecule has 4 bridgehead atoms. The first-order valence-electron chi connectivity index (χ1n) is 5.49. The lowest BCUT2D eigenvalue weighted by Gasteiger charge is -2.35. The lowest BCUT2D eigenvalue weighted by Crippen LogP contribution is -2.37. The Kier molecular flexibility index (Phi) is 1.93. The monoisotopic (exact) mass is 306 g/mol. The van der Waals surface area contributed by atoms with E-state index in [1.54, 1.807) is 0 Å². The van der Waals surface area contributed by atoms with Crippen molar-refractivity contribution in [3.63, 3.8) is 0 Å². The molecule has 3 unspecified atom stereocenters. The molecule has 0 heterocycles. The van der Waals surface area contributed by atoms with E-state index in [2.05, 4.69) is 22.6 Å². The average molecular weight is 306 g/mol. The van der Waals surface area contributed by atoms with E-state index in [9.17, 15) is 9.90 Å². The Morgan fingerprint density at radius 3 is 2.36 bits per heavy atom. The summed E-state index contributed by atoms with van der Waals surface area (Å²) in [6.45, 7) is 0. The fourth-order valence-corrected chi connectivity index (χ4v) is 5.54. The Morgan fingerprint density at radius 1 is 1.29 bits per heavy atom. The fraction of sp³-hybridized carbons (Fsp3) is 0.909. The van der Waals surface area contributed by atoms with Gasteiger partial charge >= 0.3 is 5.97 Å².